The molecule has 0 aromatic heterocycles. The predicted molar refractivity (Wildman–Crippen MR) is 75.7 cm³/mol. The summed E-state index contributed by atoms with van der Waals surface area (Å²) in [6, 6.07) is 6.78. The molecule has 8 nitrogen and oxygen atoms in total. The number of hydrogen-bond donors (Lipinski definition) is 4. The lowest BCUT2D eigenvalue weighted by molar-refractivity contribution is -0.271. The zero-order valence-corrected chi connectivity index (χ0v) is 12.2. The van der Waals surface area contributed by atoms with Gasteiger partial charge in [-0.05, 0) is 24.3 Å². The molecule has 1 aromatic rings. The third-order valence-electron chi connectivity index (χ3n) is 3.42. The largest absolute Gasteiger partial charge is 0.479 e. The zero-order chi connectivity index (χ0) is 16.4. The number of benzene rings is 1. The van der Waals surface area contributed by atoms with E-state index in [2.05, 4.69) is 0 Å². The molecule has 2 rings (SSSR count). The zero-order valence-electron chi connectivity index (χ0n) is 12.2. The van der Waals surface area contributed by atoms with Crippen LogP contribution >= 0.6 is 0 Å². The van der Waals surface area contributed by atoms with Crippen LogP contribution in [0.3, 0.4) is 0 Å². The number of nitrogens with zero attached hydrogens (tertiary/aromatic N) is 1. The summed E-state index contributed by atoms with van der Waals surface area (Å²) in [5.41, 5.74) is 0.927. The van der Waals surface area contributed by atoms with E-state index in [1.54, 1.807) is 24.3 Å². The second kappa shape index (κ2) is 6.49. The Hall–Kier alpha value is -1.87. The van der Waals surface area contributed by atoms with E-state index < -0.39 is 36.7 Å². The highest BCUT2D eigenvalue weighted by Crippen LogP contribution is 2.25. The summed E-state index contributed by atoms with van der Waals surface area (Å²) in [6.07, 6.45) is -8.06. The van der Waals surface area contributed by atoms with Crippen molar-refractivity contribution >= 4 is 11.7 Å². The summed E-state index contributed by atoms with van der Waals surface area (Å²) in [4.78, 5) is 12.9. The van der Waals surface area contributed by atoms with E-state index >= 15 is 0 Å². The molecule has 0 amide bonds. The number of anilines is 1. The molecule has 1 fully saturated rings. The molecule has 1 aliphatic heterocycles. The maximum absolute atomic E-state index is 11.0. The van der Waals surface area contributed by atoms with Crippen molar-refractivity contribution in [2.75, 3.05) is 19.0 Å². The maximum atomic E-state index is 11.0. The second-order valence-electron chi connectivity index (χ2n) is 5.24. The van der Waals surface area contributed by atoms with E-state index in [-0.39, 0.29) is 0 Å². The van der Waals surface area contributed by atoms with Crippen LogP contribution in [-0.4, -0.2) is 71.2 Å². The summed E-state index contributed by atoms with van der Waals surface area (Å²) in [5, 5.41) is 38.1. The highest BCUT2D eigenvalue weighted by atomic mass is 16.7. The molecule has 5 atom stereocenters. The van der Waals surface area contributed by atoms with Gasteiger partial charge < -0.3 is 34.8 Å². The smallest absolute Gasteiger partial charge is 0.335 e. The molecule has 0 unspecified atom stereocenters. The van der Waals surface area contributed by atoms with Crippen molar-refractivity contribution in [3.05, 3.63) is 24.3 Å². The number of aliphatic hydroxyl groups excluding tert-OH is 3. The first-order valence-corrected chi connectivity index (χ1v) is 6.67. The van der Waals surface area contributed by atoms with Crippen molar-refractivity contribution < 1.29 is 34.7 Å². The van der Waals surface area contributed by atoms with Crippen LogP contribution in [0.1, 0.15) is 0 Å². The van der Waals surface area contributed by atoms with Gasteiger partial charge in [-0.1, -0.05) is 0 Å². The third kappa shape index (κ3) is 3.30. The van der Waals surface area contributed by atoms with Crippen LogP contribution in [0.2, 0.25) is 0 Å². The van der Waals surface area contributed by atoms with Crippen LogP contribution in [-0.2, 0) is 9.53 Å². The first-order chi connectivity index (χ1) is 10.3. The lowest BCUT2D eigenvalue weighted by atomic mass is 9.99. The lowest BCUT2D eigenvalue weighted by Crippen LogP contribution is -2.61. The van der Waals surface area contributed by atoms with Gasteiger partial charge in [0.25, 0.3) is 0 Å². The molecule has 0 aliphatic carbocycles. The van der Waals surface area contributed by atoms with E-state index in [1.165, 1.54) is 0 Å². The molecular weight excluding hydrogens is 294 g/mol. The van der Waals surface area contributed by atoms with Crippen molar-refractivity contribution in [1.82, 2.24) is 0 Å². The molecular formula is C14H19NO7. The summed E-state index contributed by atoms with van der Waals surface area (Å²) in [5.74, 6) is -1.11. The van der Waals surface area contributed by atoms with Gasteiger partial charge in [-0.2, -0.15) is 0 Å². The highest BCUT2D eigenvalue weighted by molar-refractivity contribution is 5.73. The Morgan fingerprint density at radius 3 is 2.18 bits per heavy atom. The van der Waals surface area contributed by atoms with Crippen LogP contribution in [0.5, 0.6) is 5.75 Å². The molecule has 4 N–H and O–H groups in total. The Labute approximate surface area is 127 Å². The molecule has 22 heavy (non-hydrogen) atoms. The normalized spacial score (nSPS) is 31.6. The lowest BCUT2D eigenvalue weighted by Gasteiger charge is -2.38. The average Bonchev–Trinajstić information content (AvgIpc) is 2.48. The number of carboxylic acids is 1. The number of hydrogen-bond acceptors (Lipinski definition) is 7. The number of aliphatic carboxylic acids is 1. The van der Waals surface area contributed by atoms with Gasteiger partial charge >= 0.3 is 5.97 Å². The van der Waals surface area contributed by atoms with Gasteiger partial charge in [-0.25, -0.2) is 4.79 Å². The molecule has 1 aromatic carbocycles. The monoisotopic (exact) mass is 313 g/mol. The van der Waals surface area contributed by atoms with E-state index in [1.807, 2.05) is 19.0 Å². The van der Waals surface area contributed by atoms with Gasteiger partial charge in [0, 0.05) is 19.8 Å². The summed E-state index contributed by atoms with van der Waals surface area (Å²) in [6.45, 7) is 0. The Bertz CT molecular complexity index is 518. The summed E-state index contributed by atoms with van der Waals surface area (Å²) in [7, 11) is 3.75. The van der Waals surface area contributed by atoms with E-state index in [9.17, 15) is 20.1 Å². The van der Waals surface area contributed by atoms with Crippen molar-refractivity contribution in [1.29, 1.82) is 0 Å². The fourth-order valence-electron chi connectivity index (χ4n) is 2.11. The van der Waals surface area contributed by atoms with Crippen LogP contribution in [0.25, 0.3) is 0 Å². The van der Waals surface area contributed by atoms with Crippen LogP contribution in [0.15, 0.2) is 24.3 Å². The number of carbonyl (C=O) groups is 1. The van der Waals surface area contributed by atoms with E-state index in [4.69, 9.17) is 14.6 Å². The number of aliphatic hydroxyl groups is 3. The standard InChI is InChI=1S/C14H19NO7/c1-15(2)7-3-5-8(6-4-7)21-14-11(18)9(16)10(17)12(22-14)13(19)20/h3-6,9-12,14,16-18H,1-2H3,(H,19,20)/t9-,10-,11+,12-,14+/m0/s1. The van der Waals surface area contributed by atoms with Gasteiger partial charge in [0.1, 0.15) is 24.1 Å². The average molecular weight is 313 g/mol. The first kappa shape index (κ1) is 16.5. The topological polar surface area (TPSA) is 120 Å². The Balaban J connectivity index is 2.11. The minimum absolute atomic E-state index is 0.336. The van der Waals surface area contributed by atoms with Crippen molar-refractivity contribution in [3.8, 4) is 5.75 Å². The van der Waals surface area contributed by atoms with E-state index in [0.717, 1.165) is 5.69 Å². The molecule has 8 heteroatoms. The second-order valence-corrected chi connectivity index (χ2v) is 5.24. The Morgan fingerprint density at radius 1 is 1.09 bits per heavy atom. The SMILES string of the molecule is CN(C)c1ccc(O[C@@H]2O[C@H](C(=O)O)[C@@H](O)[C@H](O)[C@H]2O)cc1. The molecule has 1 saturated heterocycles. The van der Waals surface area contributed by atoms with E-state index in [0.29, 0.717) is 5.75 Å². The number of ether oxygens (including phenoxy) is 2. The molecule has 0 saturated carbocycles. The summed E-state index contributed by atoms with van der Waals surface area (Å²) >= 11 is 0. The van der Waals surface area contributed by atoms with Crippen LogP contribution in [0, 0.1) is 0 Å². The Kier molecular flexibility index (Phi) is 4.87. The fraction of sp³-hybridized carbons (Fsp3) is 0.500. The maximum Gasteiger partial charge on any atom is 0.335 e. The molecule has 122 valence electrons. The molecule has 1 aliphatic rings. The van der Waals surface area contributed by atoms with Crippen LogP contribution < -0.4 is 9.64 Å². The van der Waals surface area contributed by atoms with Crippen molar-refractivity contribution in [2.24, 2.45) is 0 Å². The Morgan fingerprint density at radius 2 is 1.68 bits per heavy atom. The van der Waals surface area contributed by atoms with Gasteiger partial charge in [0.2, 0.25) is 6.29 Å². The predicted octanol–water partition coefficient (Wildman–Crippen LogP) is -0.976. The number of rotatable bonds is 4. The van der Waals surface area contributed by atoms with Gasteiger partial charge in [-0.15, -0.1) is 0 Å². The first-order valence-electron chi connectivity index (χ1n) is 6.67. The van der Waals surface area contributed by atoms with Crippen molar-refractivity contribution in [3.63, 3.8) is 0 Å². The molecule has 1 heterocycles. The minimum Gasteiger partial charge on any atom is -0.479 e. The van der Waals surface area contributed by atoms with Gasteiger partial charge in [-0.3, -0.25) is 0 Å². The van der Waals surface area contributed by atoms with Gasteiger partial charge in [0.05, 0.1) is 0 Å². The third-order valence-corrected chi connectivity index (χ3v) is 3.42. The molecule has 0 radical (unpaired) electrons. The fourth-order valence-corrected chi connectivity index (χ4v) is 2.11. The minimum atomic E-state index is -1.73. The van der Waals surface area contributed by atoms with Crippen LogP contribution in [0.4, 0.5) is 5.69 Å². The molecule has 0 bridgehead atoms. The van der Waals surface area contributed by atoms with Crippen molar-refractivity contribution in [2.45, 2.75) is 30.7 Å². The molecule has 0 spiro atoms. The quantitative estimate of drug-likeness (QED) is 0.560. The number of carboxylic acid groups (broad SMARTS) is 1. The van der Waals surface area contributed by atoms with Gasteiger partial charge in [0.15, 0.2) is 6.10 Å². The highest BCUT2D eigenvalue weighted by Gasteiger charge is 2.48. The summed E-state index contributed by atoms with van der Waals surface area (Å²) < 4.78 is 10.4.